The maximum Gasteiger partial charge on any atom is 0.321 e. The van der Waals surface area contributed by atoms with Crippen LogP contribution in [0.3, 0.4) is 0 Å². The van der Waals surface area contributed by atoms with Crippen molar-refractivity contribution in [2.24, 2.45) is 0 Å². The Hall–Kier alpha value is -2.13. The fraction of sp³-hybridized carbons (Fsp3) is 0.235. The van der Waals surface area contributed by atoms with E-state index in [1.54, 1.807) is 25.2 Å². The van der Waals surface area contributed by atoms with Crippen LogP contribution in [0.25, 0.3) is 0 Å². The number of hydrogen-bond donors (Lipinski definition) is 3. The van der Waals surface area contributed by atoms with E-state index >= 15 is 0 Å². The molecule has 1 aromatic carbocycles. The minimum Gasteiger partial charge on any atom is -0.333 e. The van der Waals surface area contributed by atoms with Gasteiger partial charge in [0.1, 0.15) is 0 Å². The van der Waals surface area contributed by atoms with Crippen molar-refractivity contribution in [3.05, 3.63) is 50.6 Å². The lowest BCUT2D eigenvalue weighted by atomic mass is 10.3. The van der Waals surface area contributed by atoms with Gasteiger partial charge >= 0.3 is 6.03 Å². The molecule has 2 aromatic rings. The Morgan fingerprint density at radius 1 is 1.04 bits per heavy atom. The number of rotatable bonds is 7. The fourth-order valence-electron chi connectivity index (χ4n) is 2.13. The largest absolute Gasteiger partial charge is 0.333 e. The normalized spacial score (nSPS) is 10.5. The molecule has 0 saturated heterocycles. The topological polar surface area (TPSA) is 90.5 Å². The van der Waals surface area contributed by atoms with Gasteiger partial charge in [-0.25, -0.2) is 4.79 Å². The van der Waals surface area contributed by atoms with Crippen LogP contribution in [0.5, 0.6) is 0 Å². The number of nitrogens with one attached hydrogen (secondary N) is 3. The number of thiophene rings is 1. The van der Waals surface area contributed by atoms with Gasteiger partial charge in [-0.15, -0.1) is 11.3 Å². The summed E-state index contributed by atoms with van der Waals surface area (Å²) in [5.41, 5.74) is 0.316. The Labute approximate surface area is 170 Å². The number of carbonyl (C=O) groups excluding carboxylic acids is 3. The third kappa shape index (κ3) is 7.18. The molecule has 7 nitrogen and oxygen atoms in total. The molecule has 1 aromatic heterocycles. The van der Waals surface area contributed by atoms with Gasteiger partial charge in [-0.3, -0.25) is 19.8 Å². The average molecular weight is 429 g/mol. The summed E-state index contributed by atoms with van der Waals surface area (Å²) in [4.78, 5) is 38.1. The van der Waals surface area contributed by atoms with Gasteiger partial charge < -0.3 is 10.6 Å². The number of halogens is 2. The monoisotopic (exact) mass is 428 g/mol. The predicted octanol–water partition coefficient (Wildman–Crippen LogP) is 2.95. The maximum absolute atomic E-state index is 12.1. The highest BCUT2D eigenvalue weighted by Gasteiger charge is 2.15. The highest BCUT2D eigenvalue weighted by atomic mass is 35.5. The zero-order valence-corrected chi connectivity index (χ0v) is 16.7. The van der Waals surface area contributed by atoms with Crippen LogP contribution >= 0.6 is 34.5 Å². The van der Waals surface area contributed by atoms with E-state index in [0.29, 0.717) is 22.3 Å². The minimum atomic E-state index is -0.589. The molecule has 0 aliphatic heterocycles. The predicted molar refractivity (Wildman–Crippen MR) is 107 cm³/mol. The number of benzene rings is 1. The highest BCUT2D eigenvalue weighted by Crippen LogP contribution is 2.29. The van der Waals surface area contributed by atoms with Crippen LogP contribution in [-0.4, -0.2) is 42.9 Å². The third-order valence-electron chi connectivity index (χ3n) is 3.31. The van der Waals surface area contributed by atoms with Gasteiger partial charge in [0.05, 0.1) is 35.4 Å². The SMILES string of the molecule is CN(CC(=O)NC(=O)NCc1cccs1)CC(=O)Nc1c(Cl)cccc1Cl. The summed E-state index contributed by atoms with van der Waals surface area (Å²) in [6.07, 6.45) is 0. The van der Waals surface area contributed by atoms with Gasteiger partial charge in [0.2, 0.25) is 11.8 Å². The van der Waals surface area contributed by atoms with E-state index in [1.807, 2.05) is 17.5 Å². The molecule has 144 valence electrons. The molecular weight excluding hydrogens is 411 g/mol. The van der Waals surface area contributed by atoms with E-state index < -0.39 is 11.9 Å². The Kier molecular flexibility index (Phi) is 8.05. The van der Waals surface area contributed by atoms with Crippen LogP contribution in [0, 0.1) is 0 Å². The van der Waals surface area contributed by atoms with Crippen LogP contribution < -0.4 is 16.0 Å². The molecule has 10 heteroatoms. The van der Waals surface area contributed by atoms with E-state index in [1.165, 1.54) is 16.2 Å². The second-order valence-electron chi connectivity index (χ2n) is 5.63. The van der Waals surface area contributed by atoms with Crippen molar-refractivity contribution in [3.8, 4) is 0 Å². The molecule has 0 atom stereocenters. The van der Waals surface area contributed by atoms with Crippen LogP contribution in [0.15, 0.2) is 35.7 Å². The fourth-order valence-corrected chi connectivity index (χ4v) is 3.27. The molecule has 3 N–H and O–H groups in total. The van der Waals surface area contributed by atoms with Crippen molar-refractivity contribution in [2.75, 3.05) is 25.5 Å². The summed E-state index contributed by atoms with van der Waals surface area (Å²) in [6, 6.07) is 8.05. The molecular formula is C17H18Cl2N4O3S. The van der Waals surface area contributed by atoms with Gasteiger partial charge in [-0.2, -0.15) is 0 Å². The molecule has 0 spiro atoms. The summed E-state index contributed by atoms with van der Waals surface area (Å²) < 4.78 is 0. The number of anilines is 1. The van der Waals surface area contributed by atoms with Crippen molar-refractivity contribution in [3.63, 3.8) is 0 Å². The number of amides is 4. The van der Waals surface area contributed by atoms with Crippen LogP contribution in [0.1, 0.15) is 4.88 Å². The molecule has 0 unspecified atom stereocenters. The van der Waals surface area contributed by atoms with E-state index in [4.69, 9.17) is 23.2 Å². The molecule has 0 fully saturated rings. The van der Waals surface area contributed by atoms with Gasteiger partial charge in [-0.1, -0.05) is 35.3 Å². The molecule has 0 aliphatic carbocycles. The summed E-state index contributed by atoms with van der Waals surface area (Å²) in [5.74, 6) is -0.910. The van der Waals surface area contributed by atoms with Crippen LogP contribution in [0.4, 0.5) is 10.5 Å². The van der Waals surface area contributed by atoms with Crippen molar-refractivity contribution in [1.29, 1.82) is 0 Å². The van der Waals surface area contributed by atoms with Crippen LogP contribution in [0.2, 0.25) is 10.0 Å². The van der Waals surface area contributed by atoms with Crippen molar-refractivity contribution >= 4 is 58.1 Å². The van der Waals surface area contributed by atoms with Gasteiger partial charge in [0.15, 0.2) is 0 Å². The molecule has 2 rings (SSSR count). The molecule has 1 heterocycles. The molecule has 0 aliphatic rings. The van der Waals surface area contributed by atoms with Crippen molar-refractivity contribution in [2.45, 2.75) is 6.54 Å². The number of para-hydroxylation sites is 1. The quantitative estimate of drug-likeness (QED) is 0.631. The second-order valence-corrected chi connectivity index (χ2v) is 7.47. The van der Waals surface area contributed by atoms with E-state index in [-0.39, 0.29) is 19.0 Å². The molecule has 0 saturated carbocycles. The first-order chi connectivity index (χ1) is 12.8. The minimum absolute atomic E-state index is 0.0776. The summed E-state index contributed by atoms with van der Waals surface area (Å²) >= 11 is 13.5. The molecule has 0 radical (unpaired) electrons. The van der Waals surface area contributed by atoms with Crippen molar-refractivity contribution in [1.82, 2.24) is 15.5 Å². The Morgan fingerprint density at radius 2 is 1.70 bits per heavy atom. The Morgan fingerprint density at radius 3 is 2.33 bits per heavy atom. The molecule has 4 amide bonds. The summed E-state index contributed by atoms with van der Waals surface area (Å²) in [7, 11) is 1.58. The van der Waals surface area contributed by atoms with Gasteiger partial charge in [-0.05, 0) is 30.6 Å². The first-order valence-electron chi connectivity index (χ1n) is 7.87. The zero-order chi connectivity index (χ0) is 19.8. The first kappa shape index (κ1) is 21.2. The lowest BCUT2D eigenvalue weighted by molar-refractivity contribution is -0.122. The number of nitrogens with zero attached hydrogens (tertiary/aromatic N) is 1. The average Bonchev–Trinajstić information content (AvgIpc) is 3.09. The van der Waals surface area contributed by atoms with Gasteiger partial charge in [0.25, 0.3) is 0 Å². The van der Waals surface area contributed by atoms with E-state index in [0.717, 1.165) is 4.88 Å². The first-order valence-corrected chi connectivity index (χ1v) is 9.51. The zero-order valence-electron chi connectivity index (χ0n) is 14.4. The van der Waals surface area contributed by atoms with E-state index in [2.05, 4.69) is 16.0 Å². The van der Waals surface area contributed by atoms with Crippen LogP contribution in [-0.2, 0) is 16.1 Å². The van der Waals surface area contributed by atoms with Gasteiger partial charge in [0, 0.05) is 4.88 Å². The maximum atomic E-state index is 12.1. The number of carbonyl (C=O) groups is 3. The number of urea groups is 1. The lowest BCUT2D eigenvalue weighted by Crippen LogP contribution is -2.44. The number of likely N-dealkylation sites (N-methyl/N-ethyl adjacent to an activating group) is 1. The van der Waals surface area contributed by atoms with Crippen molar-refractivity contribution < 1.29 is 14.4 Å². The molecule has 27 heavy (non-hydrogen) atoms. The smallest absolute Gasteiger partial charge is 0.321 e. The second kappa shape index (κ2) is 10.3. The molecule has 0 bridgehead atoms. The lowest BCUT2D eigenvalue weighted by Gasteiger charge is -2.16. The third-order valence-corrected chi connectivity index (χ3v) is 4.82. The number of imide groups is 1. The Bertz CT molecular complexity index is 794. The standard InChI is InChI=1S/C17H18Cl2N4O3S/c1-23(9-14(24)21-16-12(18)5-2-6-13(16)19)10-15(25)22-17(26)20-8-11-4-3-7-27-11/h2-7H,8-10H2,1H3,(H,21,24)(H2,20,22,25,26). The van der Waals surface area contributed by atoms with E-state index in [9.17, 15) is 14.4 Å². The highest BCUT2D eigenvalue weighted by molar-refractivity contribution is 7.09. The Balaban J connectivity index is 1.73. The number of hydrogen-bond acceptors (Lipinski definition) is 5. The summed E-state index contributed by atoms with van der Waals surface area (Å²) in [5, 5.41) is 9.94. The summed E-state index contributed by atoms with van der Waals surface area (Å²) in [6.45, 7) is 0.134.